The van der Waals surface area contributed by atoms with E-state index in [0.29, 0.717) is 24.3 Å². The van der Waals surface area contributed by atoms with Crippen LogP contribution in [0.25, 0.3) is 0 Å². The summed E-state index contributed by atoms with van der Waals surface area (Å²) in [6.07, 6.45) is 5.71. The minimum Gasteiger partial charge on any atom is -0.496 e. The van der Waals surface area contributed by atoms with Gasteiger partial charge >= 0.3 is 12.0 Å². The number of benzene rings is 1. The topological polar surface area (TPSA) is 93.7 Å². The van der Waals surface area contributed by atoms with Crippen LogP contribution in [0.15, 0.2) is 30.5 Å². The minimum absolute atomic E-state index is 0.0496. The van der Waals surface area contributed by atoms with Crippen LogP contribution in [-0.2, 0) is 4.79 Å². The fourth-order valence-corrected chi connectivity index (χ4v) is 3.80. The van der Waals surface area contributed by atoms with Crippen molar-refractivity contribution in [2.24, 2.45) is 0 Å². The van der Waals surface area contributed by atoms with Gasteiger partial charge in [-0.3, -0.25) is 4.79 Å². The Labute approximate surface area is 162 Å². The first-order valence-electron chi connectivity index (χ1n) is 9.35. The molecule has 2 aromatic rings. The van der Waals surface area contributed by atoms with Crippen molar-refractivity contribution >= 4 is 17.8 Å². The molecule has 1 saturated carbocycles. The number of nitrogens with zero attached hydrogens (tertiary/aromatic N) is 3. The summed E-state index contributed by atoms with van der Waals surface area (Å²) in [7, 11) is 1.59. The molecule has 0 bridgehead atoms. The third kappa shape index (κ3) is 3.15. The van der Waals surface area contributed by atoms with E-state index in [9.17, 15) is 9.59 Å². The van der Waals surface area contributed by atoms with E-state index in [2.05, 4.69) is 15.3 Å². The molecule has 0 unspecified atom stereocenters. The van der Waals surface area contributed by atoms with Crippen molar-refractivity contribution in [1.82, 2.24) is 15.3 Å². The van der Waals surface area contributed by atoms with Crippen molar-refractivity contribution in [2.45, 2.75) is 44.6 Å². The second kappa shape index (κ2) is 7.10. The summed E-state index contributed by atoms with van der Waals surface area (Å²) in [4.78, 5) is 35.0. The molecule has 8 nitrogen and oxygen atoms in total. The molecule has 2 heterocycles. The Bertz CT molecular complexity index is 924. The SMILES string of the molecule is COc1cc(Oc2nccc(N3C(=O)NC4(CCCCC4)C3=O)n2)ccc1C. The van der Waals surface area contributed by atoms with Gasteiger partial charge in [0.2, 0.25) is 0 Å². The van der Waals surface area contributed by atoms with Crippen molar-refractivity contribution in [3.63, 3.8) is 0 Å². The highest BCUT2D eigenvalue weighted by molar-refractivity contribution is 6.22. The van der Waals surface area contributed by atoms with Crippen LogP contribution in [0.2, 0.25) is 0 Å². The van der Waals surface area contributed by atoms with E-state index in [-0.39, 0.29) is 17.7 Å². The molecule has 1 aromatic carbocycles. The van der Waals surface area contributed by atoms with Crippen LogP contribution in [0, 0.1) is 6.92 Å². The number of methoxy groups -OCH3 is 1. The predicted molar refractivity (Wildman–Crippen MR) is 102 cm³/mol. The number of hydrogen-bond acceptors (Lipinski definition) is 6. The number of hydrogen-bond donors (Lipinski definition) is 1. The number of imide groups is 1. The number of carbonyl (C=O) groups excluding carboxylic acids is 2. The number of rotatable bonds is 4. The predicted octanol–water partition coefficient (Wildman–Crippen LogP) is 3.35. The van der Waals surface area contributed by atoms with E-state index in [0.717, 1.165) is 29.7 Å². The zero-order valence-electron chi connectivity index (χ0n) is 15.9. The molecular weight excluding hydrogens is 360 g/mol. The molecule has 146 valence electrons. The molecule has 3 amide bonds. The maximum atomic E-state index is 13.0. The Morgan fingerprint density at radius 2 is 1.93 bits per heavy atom. The number of nitrogens with one attached hydrogen (secondary N) is 1. The largest absolute Gasteiger partial charge is 0.496 e. The van der Waals surface area contributed by atoms with E-state index >= 15 is 0 Å². The normalized spacial score (nSPS) is 18.3. The average Bonchev–Trinajstić information content (AvgIpc) is 2.93. The lowest BCUT2D eigenvalue weighted by Crippen LogP contribution is -2.48. The van der Waals surface area contributed by atoms with E-state index in [1.807, 2.05) is 13.0 Å². The molecule has 28 heavy (non-hydrogen) atoms. The minimum atomic E-state index is -0.800. The van der Waals surface area contributed by atoms with Gasteiger partial charge in [-0.05, 0) is 31.4 Å². The molecule has 1 spiro atoms. The molecule has 1 saturated heterocycles. The van der Waals surface area contributed by atoms with E-state index in [4.69, 9.17) is 9.47 Å². The maximum Gasteiger partial charge on any atom is 0.330 e. The van der Waals surface area contributed by atoms with E-state index in [1.54, 1.807) is 19.2 Å². The third-order valence-electron chi connectivity index (χ3n) is 5.31. The van der Waals surface area contributed by atoms with Crippen LogP contribution in [-0.4, -0.2) is 34.6 Å². The average molecular weight is 382 g/mol. The van der Waals surface area contributed by atoms with Crippen molar-refractivity contribution in [1.29, 1.82) is 0 Å². The lowest BCUT2D eigenvalue weighted by Gasteiger charge is -2.30. The molecule has 1 aliphatic carbocycles. The van der Waals surface area contributed by atoms with Gasteiger partial charge in [-0.25, -0.2) is 14.7 Å². The summed E-state index contributed by atoms with van der Waals surface area (Å²) in [5.74, 6) is 1.13. The van der Waals surface area contributed by atoms with Crippen LogP contribution >= 0.6 is 0 Å². The highest BCUT2D eigenvalue weighted by Crippen LogP contribution is 2.35. The molecule has 0 atom stereocenters. The molecular formula is C20H22N4O4. The Morgan fingerprint density at radius 3 is 2.68 bits per heavy atom. The number of aryl methyl sites for hydroxylation is 1. The Morgan fingerprint density at radius 1 is 1.14 bits per heavy atom. The van der Waals surface area contributed by atoms with Gasteiger partial charge in [0, 0.05) is 18.3 Å². The number of aromatic nitrogens is 2. The van der Waals surface area contributed by atoms with Gasteiger partial charge in [-0.2, -0.15) is 4.98 Å². The number of anilines is 1. The second-order valence-electron chi connectivity index (χ2n) is 7.14. The molecule has 2 aliphatic rings. The van der Waals surface area contributed by atoms with Crippen molar-refractivity contribution in [3.8, 4) is 17.5 Å². The van der Waals surface area contributed by atoms with Gasteiger partial charge in [-0.1, -0.05) is 25.3 Å². The fourth-order valence-electron chi connectivity index (χ4n) is 3.80. The van der Waals surface area contributed by atoms with Gasteiger partial charge < -0.3 is 14.8 Å². The third-order valence-corrected chi connectivity index (χ3v) is 5.31. The second-order valence-corrected chi connectivity index (χ2v) is 7.14. The molecule has 4 rings (SSSR count). The Kier molecular flexibility index (Phi) is 4.62. The van der Waals surface area contributed by atoms with Gasteiger partial charge in [-0.15, -0.1) is 0 Å². The summed E-state index contributed by atoms with van der Waals surface area (Å²) < 4.78 is 11.0. The van der Waals surface area contributed by atoms with Crippen molar-refractivity contribution in [2.75, 3.05) is 12.0 Å². The van der Waals surface area contributed by atoms with Gasteiger partial charge in [0.1, 0.15) is 17.0 Å². The van der Waals surface area contributed by atoms with Gasteiger partial charge in [0.05, 0.1) is 7.11 Å². The smallest absolute Gasteiger partial charge is 0.330 e. The van der Waals surface area contributed by atoms with Crippen LogP contribution < -0.4 is 19.7 Å². The fraction of sp³-hybridized carbons (Fsp3) is 0.400. The molecule has 1 aliphatic heterocycles. The summed E-state index contributed by atoms with van der Waals surface area (Å²) in [5.41, 5.74) is 0.174. The number of urea groups is 1. The molecule has 2 fully saturated rings. The maximum absolute atomic E-state index is 13.0. The molecule has 1 aromatic heterocycles. The summed E-state index contributed by atoms with van der Waals surface area (Å²) in [6.45, 7) is 1.93. The highest BCUT2D eigenvalue weighted by atomic mass is 16.5. The molecule has 0 radical (unpaired) electrons. The first-order valence-corrected chi connectivity index (χ1v) is 9.35. The van der Waals surface area contributed by atoms with Gasteiger partial charge in [0.25, 0.3) is 5.91 Å². The van der Waals surface area contributed by atoms with Crippen LogP contribution in [0.5, 0.6) is 17.5 Å². The zero-order chi connectivity index (χ0) is 19.7. The number of amides is 3. The standard InChI is InChI=1S/C20H22N4O4/c1-13-6-7-14(12-15(13)27-2)28-18-21-11-8-16(22-18)24-17(25)20(23-19(24)26)9-4-3-5-10-20/h6-8,11-12H,3-5,9-10H2,1-2H3,(H,23,26). The Hall–Kier alpha value is -3.16. The van der Waals surface area contributed by atoms with E-state index in [1.165, 1.54) is 12.3 Å². The number of ether oxygens (including phenoxy) is 2. The zero-order valence-corrected chi connectivity index (χ0v) is 15.9. The van der Waals surface area contributed by atoms with Crippen molar-refractivity contribution < 1.29 is 19.1 Å². The quantitative estimate of drug-likeness (QED) is 0.815. The van der Waals surface area contributed by atoms with Crippen LogP contribution in [0.1, 0.15) is 37.7 Å². The first-order chi connectivity index (χ1) is 13.5. The van der Waals surface area contributed by atoms with Gasteiger partial charge in [0.15, 0.2) is 5.82 Å². The summed E-state index contributed by atoms with van der Waals surface area (Å²) in [6, 6.07) is 6.50. The van der Waals surface area contributed by atoms with Crippen LogP contribution in [0.4, 0.5) is 10.6 Å². The first kappa shape index (κ1) is 18.2. The van der Waals surface area contributed by atoms with E-state index < -0.39 is 11.6 Å². The monoisotopic (exact) mass is 382 g/mol. The summed E-state index contributed by atoms with van der Waals surface area (Å²) in [5, 5.41) is 2.88. The van der Waals surface area contributed by atoms with Crippen LogP contribution in [0.3, 0.4) is 0 Å². The lowest BCUT2D eigenvalue weighted by atomic mass is 9.82. The number of carbonyl (C=O) groups is 2. The molecule has 1 N–H and O–H groups in total. The van der Waals surface area contributed by atoms with Crippen molar-refractivity contribution in [3.05, 3.63) is 36.0 Å². The molecule has 8 heteroatoms. The lowest BCUT2D eigenvalue weighted by molar-refractivity contribution is -0.123. The highest BCUT2D eigenvalue weighted by Gasteiger charge is 2.52. The summed E-state index contributed by atoms with van der Waals surface area (Å²) >= 11 is 0. The Balaban J connectivity index is 1.59.